The summed E-state index contributed by atoms with van der Waals surface area (Å²) in [5.74, 6) is -4.66. The van der Waals surface area contributed by atoms with Crippen LogP contribution in [0.15, 0.2) is 0 Å². The van der Waals surface area contributed by atoms with Gasteiger partial charge in [-0.2, -0.15) is 0 Å². The lowest BCUT2D eigenvalue weighted by molar-refractivity contribution is -0.142. The molecule has 1 aliphatic rings. The Kier molecular flexibility index (Phi) is 10.2. The first-order chi connectivity index (χ1) is 14.1. The van der Waals surface area contributed by atoms with Crippen molar-refractivity contribution in [3.63, 3.8) is 0 Å². The van der Waals surface area contributed by atoms with Crippen molar-refractivity contribution in [1.29, 1.82) is 0 Å². The third kappa shape index (κ3) is 9.32. The van der Waals surface area contributed by atoms with Crippen LogP contribution in [0, 0.1) is 0 Å². The van der Waals surface area contributed by atoms with E-state index >= 15 is 0 Å². The predicted octanol–water partition coefficient (Wildman–Crippen LogP) is -3.56. The highest BCUT2D eigenvalue weighted by Gasteiger charge is 2.28. The van der Waals surface area contributed by atoms with E-state index in [0.717, 1.165) is 6.42 Å². The molecule has 1 fully saturated rings. The van der Waals surface area contributed by atoms with Crippen LogP contribution in [-0.2, 0) is 28.8 Å². The first-order valence-corrected chi connectivity index (χ1v) is 9.50. The second-order valence-electron chi connectivity index (χ2n) is 6.90. The molecule has 0 spiro atoms. The van der Waals surface area contributed by atoms with E-state index in [1.807, 2.05) is 0 Å². The highest BCUT2D eigenvalue weighted by molar-refractivity contribution is 5.93. The van der Waals surface area contributed by atoms with Crippen molar-refractivity contribution in [3.8, 4) is 0 Å². The molecule has 13 heteroatoms. The van der Waals surface area contributed by atoms with Gasteiger partial charge in [0.05, 0.1) is 12.6 Å². The third-order valence-corrected chi connectivity index (χ3v) is 4.43. The minimum atomic E-state index is -1.36. The van der Waals surface area contributed by atoms with Gasteiger partial charge >= 0.3 is 5.97 Å². The summed E-state index contributed by atoms with van der Waals surface area (Å²) in [7, 11) is 0. The summed E-state index contributed by atoms with van der Waals surface area (Å²) >= 11 is 0. The molecule has 30 heavy (non-hydrogen) atoms. The van der Waals surface area contributed by atoms with E-state index in [1.165, 1.54) is 0 Å². The lowest BCUT2D eigenvalue weighted by Crippen LogP contribution is -2.53. The van der Waals surface area contributed by atoms with Crippen LogP contribution in [0.5, 0.6) is 0 Å². The highest BCUT2D eigenvalue weighted by atomic mass is 16.4. The smallest absolute Gasteiger partial charge is 0.326 e. The fourth-order valence-corrected chi connectivity index (χ4v) is 2.82. The Balaban J connectivity index is 2.60. The van der Waals surface area contributed by atoms with Crippen molar-refractivity contribution in [2.45, 2.75) is 56.7 Å². The van der Waals surface area contributed by atoms with Crippen LogP contribution in [0.4, 0.5) is 0 Å². The zero-order chi connectivity index (χ0) is 22.7. The molecule has 0 aromatic rings. The van der Waals surface area contributed by atoms with E-state index in [0.29, 0.717) is 13.0 Å². The molecule has 0 radical (unpaired) electrons. The Hall–Kier alpha value is -3.22. The van der Waals surface area contributed by atoms with Crippen molar-refractivity contribution in [3.05, 3.63) is 0 Å². The number of aliphatic carboxylic acids is 1. The van der Waals surface area contributed by atoms with Crippen molar-refractivity contribution in [1.82, 2.24) is 21.3 Å². The van der Waals surface area contributed by atoms with Gasteiger partial charge in [0, 0.05) is 12.8 Å². The van der Waals surface area contributed by atoms with E-state index < -0.39 is 60.2 Å². The summed E-state index contributed by atoms with van der Waals surface area (Å²) in [5.41, 5.74) is 10.1. The van der Waals surface area contributed by atoms with E-state index in [1.54, 1.807) is 0 Å². The minimum Gasteiger partial charge on any atom is -0.480 e. The average molecular weight is 428 g/mol. The Morgan fingerprint density at radius 2 is 1.57 bits per heavy atom. The summed E-state index contributed by atoms with van der Waals surface area (Å²) in [5, 5.41) is 19.0. The number of carbonyl (C=O) groups excluding carboxylic acids is 5. The van der Waals surface area contributed by atoms with Crippen molar-refractivity contribution < 1.29 is 33.9 Å². The van der Waals surface area contributed by atoms with Gasteiger partial charge in [-0.15, -0.1) is 0 Å². The van der Waals surface area contributed by atoms with Crippen LogP contribution in [0.1, 0.15) is 38.5 Å². The molecule has 5 amide bonds. The molecule has 0 bridgehead atoms. The number of nitrogens with two attached hydrogens (primary N) is 2. The van der Waals surface area contributed by atoms with E-state index in [2.05, 4.69) is 21.3 Å². The van der Waals surface area contributed by atoms with Crippen LogP contribution in [0.25, 0.3) is 0 Å². The maximum Gasteiger partial charge on any atom is 0.326 e. The first-order valence-electron chi connectivity index (χ1n) is 9.50. The van der Waals surface area contributed by atoms with E-state index in [9.17, 15) is 28.8 Å². The molecule has 1 saturated heterocycles. The molecule has 0 aromatic heterocycles. The maximum atomic E-state index is 12.4. The summed E-state index contributed by atoms with van der Waals surface area (Å²) in [4.78, 5) is 69.5. The van der Waals surface area contributed by atoms with Gasteiger partial charge in [0.25, 0.3) is 0 Å². The molecule has 0 aliphatic carbocycles. The van der Waals surface area contributed by atoms with Crippen LogP contribution < -0.4 is 32.7 Å². The zero-order valence-electron chi connectivity index (χ0n) is 16.4. The minimum absolute atomic E-state index is 0.0579. The van der Waals surface area contributed by atoms with Crippen molar-refractivity contribution in [2.75, 3.05) is 13.1 Å². The molecule has 1 heterocycles. The average Bonchev–Trinajstić information content (AvgIpc) is 3.20. The molecule has 9 N–H and O–H groups in total. The second kappa shape index (κ2) is 12.4. The largest absolute Gasteiger partial charge is 0.480 e. The number of primary amides is 2. The molecule has 13 nitrogen and oxygen atoms in total. The van der Waals surface area contributed by atoms with Gasteiger partial charge in [-0.3, -0.25) is 24.0 Å². The van der Waals surface area contributed by atoms with Crippen molar-refractivity contribution in [2.24, 2.45) is 11.5 Å². The van der Waals surface area contributed by atoms with Gasteiger partial charge < -0.3 is 37.8 Å². The van der Waals surface area contributed by atoms with Gasteiger partial charge in [0.2, 0.25) is 29.5 Å². The van der Waals surface area contributed by atoms with E-state index in [4.69, 9.17) is 16.6 Å². The normalized spacial score (nSPS) is 17.4. The number of carbonyl (C=O) groups is 6. The van der Waals surface area contributed by atoms with Gasteiger partial charge in [-0.1, -0.05) is 0 Å². The maximum absolute atomic E-state index is 12.4. The number of hydrogen-bond acceptors (Lipinski definition) is 7. The Bertz CT molecular complexity index is 678. The summed E-state index contributed by atoms with van der Waals surface area (Å²) in [6.07, 6.45) is 0.779. The Labute approximate surface area is 172 Å². The molecule has 3 atom stereocenters. The summed E-state index contributed by atoms with van der Waals surface area (Å²) < 4.78 is 0. The van der Waals surface area contributed by atoms with Crippen LogP contribution in [-0.4, -0.2) is 71.8 Å². The number of carboxylic acids is 1. The number of amides is 5. The highest BCUT2D eigenvalue weighted by Crippen LogP contribution is 2.06. The Morgan fingerprint density at radius 1 is 0.967 bits per heavy atom. The molecular formula is C17H28N6O7. The zero-order valence-corrected chi connectivity index (χ0v) is 16.4. The Morgan fingerprint density at radius 3 is 2.07 bits per heavy atom. The monoisotopic (exact) mass is 428 g/mol. The molecular weight excluding hydrogens is 400 g/mol. The quantitative estimate of drug-likeness (QED) is 0.155. The van der Waals surface area contributed by atoms with Gasteiger partial charge in [0.1, 0.15) is 12.1 Å². The molecule has 168 valence electrons. The summed E-state index contributed by atoms with van der Waals surface area (Å²) in [6.45, 7) is 0.112. The molecule has 1 rings (SSSR count). The predicted molar refractivity (Wildman–Crippen MR) is 102 cm³/mol. The van der Waals surface area contributed by atoms with Gasteiger partial charge in [0.15, 0.2) is 0 Å². The second-order valence-corrected chi connectivity index (χ2v) is 6.90. The number of rotatable bonds is 13. The van der Waals surface area contributed by atoms with Gasteiger partial charge in [-0.25, -0.2) is 4.79 Å². The standard InChI is InChI=1S/C17H28N6O7/c18-12(24)5-3-10(23-16(28)9-2-1-7-20-9)15(27)21-8-14(26)22-11(17(29)30)4-6-13(19)25/h9-11,20H,1-8H2,(H2,18,24)(H2,19,25)(H,21,27)(H,22,26)(H,23,28)(H,29,30). The number of hydrogen-bond donors (Lipinski definition) is 7. The lowest BCUT2D eigenvalue weighted by Gasteiger charge is -2.20. The molecule has 3 unspecified atom stereocenters. The van der Waals surface area contributed by atoms with E-state index in [-0.39, 0.29) is 25.7 Å². The number of nitrogens with one attached hydrogen (secondary N) is 4. The van der Waals surface area contributed by atoms with Crippen LogP contribution in [0.2, 0.25) is 0 Å². The topological polar surface area (TPSA) is 223 Å². The lowest BCUT2D eigenvalue weighted by atomic mass is 10.1. The molecule has 0 saturated carbocycles. The fraction of sp³-hybridized carbons (Fsp3) is 0.647. The first kappa shape index (κ1) is 24.8. The van der Waals surface area contributed by atoms with Crippen molar-refractivity contribution >= 4 is 35.5 Å². The number of carboxylic acid groups (broad SMARTS) is 1. The molecule has 0 aromatic carbocycles. The van der Waals surface area contributed by atoms with Gasteiger partial charge in [-0.05, 0) is 32.2 Å². The summed E-state index contributed by atoms with van der Waals surface area (Å²) in [6, 6.07) is -2.88. The molecule has 1 aliphatic heterocycles. The van der Waals surface area contributed by atoms with Crippen LogP contribution >= 0.6 is 0 Å². The SMILES string of the molecule is NC(=O)CCC(NC(=O)CNC(=O)C(CCC(N)=O)NC(=O)C1CCCN1)C(=O)O. The third-order valence-electron chi connectivity index (χ3n) is 4.43. The fourth-order valence-electron chi connectivity index (χ4n) is 2.82. The van der Waals surface area contributed by atoms with Crippen LogP contribution in [0.3, 0.4) is 0 Å².